The predicted molar refractivity (Wildman–Crippen MR) is 113 cm³/mol. The van der Waals surface area contributed by atoms with Gasteiger partial charge in [-0.2, -0.15) is 0 Å². The Morgan fingerprint density at radius 1 is 1.03 bits per heavy atom. The number of carbonyl (C=O) groups excluding carboxylic acids is 1. The van der Waals surface area contributed by atoms with Gasteiger partial charge in [-0.1, -0.05) is 0 Å². The Bertz CT molecular complexity index is 921. The Kier molecular flexibility index (Phi) is 6.64. The van der Waals surface area contributed by atoms with E-state index in [1.807, 2.05) is 12.1 Å². The molecular formula is C21H26N2O5S. The first-order valence-corrected chi connectivity index (χ1v) is 11.4. The number of carbonyl (C=O) groups is 1. The molecule has 2 aromatic rings. The van der Waals surface area contributed by atoms with Crippen molar-refractivity contribution in [1.29, 1.82) is 0 Å². The molecule has 3 rings (SSSR count). The van der Waals surface area contributed by atoms with E-state index in [-0.39, 0.29) is 12.6 Å². The Morgan fingerprint density at radius 3 is 2.17 bits per heavy atom. The zero-order chi connectivity index (χ0) is 20.9. The van der Waals surface area contributed by atoms with Crippen molar-refractivity contribution in [3.8, 4) is 11.5 Å². The summed E-state index contributed by atoms with van der Waals surface area (Å²) >= 11 is 0. The van der Waals surface area contributed by atoms with Gasteiger partial charge in [0.15, 0.2) is 0 Å². The van der Waals surface area contributed by atoms with Crippen LogP contribution < -0.4 is 19.1 Å². The molecule has 29 heavy (non-hydrogen) atoms. The lowest BCUT2D eigenvalue weighted by molar-refractivity contribution is -0.114. The first kappa shape index (κ1) is 21.0. The number of ether oxygens (including phenoxy) is 2. The van der Waals surface area contributed by atoms with Crippen LogP contribution in [-0.2, 0) is 14.8 Å². The molecule has 0 aromatic heterocycles. The zero-order valence-corrected chi connectivity index (χ0v) is 17.4. The summed E-state index contributed by atoms with van der Waals surface area (Å²) in [7, 11) is -2.10. The van der Waals surface area contributed by atoms with Crippen LogP contribution in [0.25, 0.3) is 0 Å². The van der Waals surface area contributed by atoms with Crippen LogP contribution in [0.3, 0.4) is 0 Å². The highest BCUT2D eigenvalue weighted by Gasteiger charge is 2.21. The molecule has 1 saturated carbocycles. The normalized spacial score (nSPS) is 14.4. The number of nitrogens with one attached hydrogen (secondary N) is 1. The summed E-state index contributed by atoms with van der Waals surface area (Å²) in [5.41, 5.74) is 0.973. The van der Waals surface area contributed by atoms with Crippen molar-refractivity contribution in [2.45, 2.75) is 31.8 Å². The van der Waals surface area contributed by atoms with E-state index >= 15 is 0 Å². The summed E-state index contributed by atoms with van der Waals surface area (Å²) in [5.74, 6) is 0.938. The summed E-state index contributed by atoms with van der Waals surface area (Å²) in [6, 6.07) is 13.6. The van der Waals surface area contributed by atoms with E-state index in [4.69, 9.17) is 9.47 Å². The largest absolute Gasteiger partial charge is 0.497 e. The minimum atomic E-state index is -3.63. The van der Waals surface area contributed by atoms with Crippen molar-refractivity contribution < 1.29 is 22.7 Å². The maximum Gasteiger partial charge on any atom is 0.245 e. The van der Waals surface area contributed by atoms with Crippen molar-refractivity contribution in [2.75, 3.05) is 29.5 Å². The highest BCUT2D eigenvalue weighted by molar-refractivity contribution is 7.92. The maximum atomic E-state index is 12.5. The Labute approximate surface area is 171 Å². The monoisotopic (exact) mass is 418 g/mol. The molecule has 0 atom stereocenters. The van der Waals surface area contributed by atoms with E-state index in [0.29, 0.717) is 17.1 Å². The van der Waals surface area contributed by atoms with Gasteiger partial charge in [0.05, 0.1) is 25.2 Å². The van der Waals surface area contributed by atoms with E-state index in [9.17, 15) is 13.2 Å². The Balaban J connectivity index is 1.63. The Morgan fingerprint density at radius 2 is 1.62 bits per heavy atom. The average molecular weight is 419 g/mol. The third kappa shape index (κ3) is 5.87. The summed E-state index contributed by atoms with van der Waals surface area (Å²) in [6.07, 6.45) is 5.88. The lowest BCUT2D eigenvalue weighted by Gasteiger charge is -2.22. The van der Waals surface area contributed by atoms with Crippen LogP contribution in [0.1, 0.15) is 25.7 Å². The van der Waals surface area contributed by atoms with Gasteiger partial charge in [0, 0.05) is 5.69 Å². The maximum absolute atomic E-state index is 12.5. The molecule has 1 fully saturated rings. The van der Waals surface area contributed by atoms with Crippen LogP contribution in [0, 0.1) is 0 Å². The van der Waals surface area contributed by atoms with Gasteiger partial charge in [-0.25, -0.2) is 8.42 Å². The van der Waals surface area contributed by atoms with Crippen molar-refractivity contribution in [3.63, 3.8) is 0 Å². The van der Waals surface area contributed by atoms with E-state index in [2.05, 4.69) is 5.32 Å². The molecule has 2 aromatic carbocycles. The quantitative estimate of drug-likeness (QED) is 0.710. The van der Waals surface area contributed by atoms with Gasteiger partial charge < -0.3 is 14.8 Å². The van der Waals surface area contributed by atoms with Gasteiger partial charge in [-0.15, -0.1) is 0 Å². The number of nitrogens with zero attached hydrogens (tertiary/aromatic N) is 1. The highest BCUT2D eigenvalue weighted by Crippen LogP contribution is 2.25. The fraction of sp³-hybridized carbons (Fsp3) is 0.381. The molecule has 0 radical (unpaired) electrons. The predicted octanol–water partition coefficient (Wildman–Crippen LogP) is 3.42. The number of hydrogen-bond acceptors (Lipinski definition) is 5. The molecule has 1 N–H and O–H groups in total. The van der Waals surface area contributed by atoms with Crippen LogP contribution in [0.4, 0.5) is 11.4 Å². The third-order valence-corrected chi connectivity index (χ3v) is 5.93. The van der Waals surface area contributed by atoms with Crippen LogP contribution in [0.15, 0.2) is 48.5 Å². The minimum Gasteiger partial charge on any atom is -0.497 e. The standard InChI is InChI=1S/C21H26N2O5S/c1-27-18-13-9-17(10-14-18)23(29(2,25)26)15-21(24)22-16-7-11-20(12-8-16)28-19-5-3-4-6-19/h7-14,19H,3-6,15H2,1-2H3,(H,22,24). The number of methoxy groups -OCH3 is 1. The second-order valence-electron chi connectivity index (χ2n) is 7.06. The number of sulfonamides is 1. The van der Waals surface area contributed by atoms with Crippen LogP contribution in [-0.4, -0.2) is 40.3 Å². The highest BCUT2D eigenvalue weighted by atomic mass is 32.2. The van der Waals surface area contributed by atoms with Crippen molar-refractivity contribution in [1.82, 2.24) is 0 Å². The number of benzene rings is 2. The molecule has 1 amide bonds. The van der Waals surface area contributed by atoms with Crippen LogP contribution >= 0.6 is 0 Å². The number of anilines is 2. The number of rotatable bonds is 8. The molecule has 0 saturated heterocycles. The van der Waals surface area contributed by atoms with Gasteiger partial charge >= 0.3 is 0 Å². The zero-order valence-electron chi connectivity index (χ0n) is 16.6. The lowest BCUT2D eigenvalue weighted by atomic mass is 10.2. The first-order chi connectivity index (χ1) is 13.8. The van der Waals surface area contributed by atoms with Crippen LogP contribution in [0.5, 0.6) is 11.5 Å². The SMILES string of the molecule is COc1ccc(N(CC(=O)Nc2ccc(OC3CCCC3)cc2)S(C)(=O)=O)cc1. The van der Waals surface area contributed by atoms with Gasteiger partial charge in [0.2, 0.25) is 15.9 Å². The summed E-state index contributed by atoms with van der Waals surface area (Å²) in [6.45, 7) is -0.328. The topological polar surface area (TPSA) is 84.9 Å². The van der Waals surface area contributed by atoms with Crippen LogP contribution in [0.2, 0.25) is 0 Å². The fourth-order valence-electron chi connectivity index (χ4n) is 3.29. The summed E-state index contributed by atoms with van der Waals surface area (Å²) in [4.78, 5) is 12.5. The lowest BCUT2D eigenvalue weighted by Crippen LogP contribution is -2.37. The average Bonchev–Trinajstić information content (AvgIpc) is 3.20. The molecule has 0 spiro atoms. The van der Waals surface area contributed by atoms with Gasteiger partial charge in [0.1, 0.15) is 18.0 Å². The van der Waals surface area contributed by atoms with E-state index < -0.39 is 15.9 Å². The molecule has 0 bridgehead atoms. The molecule has 8 heteroatoms. The first-order valence-electron chi connectivity index (χ1n) is 9.53. The van der Waals surface area contributed by atoms with E-state index in [0.717, 1.165) is 29.2 Å². The smallest absolute Gasteiger partial charge is 0.245 e. The molecule has 0 aliphatic heterocycles. The van der Waals surface area contributed by atoms with Crippen molar-refractivity contribution >= 4 is 27.3 Å². The van der Waals surface area contributed by atoms with Gasteiger partial charge in [-0.3, -0.25) is 9.10 Å². The van der Waals surface area contributed by atoms with Crippen molar-refractivity contribution in [3.05, 3.63) is 48.5 Å². The van der Waals surface area contributed by atoms with Gasteiger partial charge in [0.25, 0.3) is 0 Å². The molecule has 0 unspecified atom stereocenters. The molecule has 7 nitrogen and oxygen atoms in total. The van der Waals surface area contributed by atoms with Crippen molar-refractivity contribution in [2.24, 2.45) is 0 Å². The molecule has 156 valence electrons. The molecule has 1 aliphatic carbocycles. The molecule has 1 aliphatic rings. The molecule has 0 heterocycles. The minimum absolute atomic E-state index is 0.267. The Hall–Kier alpha value is -2.74. The molecular weight excluding hydrogens is 392 g/mol. The van der Waals surface area contributed by atoms with E-state index in [1.165, 1.54) is 20.0 Å². The third-order valence-electron chi connectivity index (χ3n) is 4.79. The number of hydrogen-bond donors (Lipinski definition) is 1. The number of amides is 1. The summed E-state index contributed by atoms with van der Waals surface area (Å²) < 4.78 is 36.4. The second-order valence-corrected chi connectivity index (χ2v) is 8.97. The second kappa shape index (κ2) is 9.17. The fourth-order valence-corrected chi connectivity index (χ4v) is 4.15. The van der Waals surface area contributed by atoms with E-state index in [1.54, 1.807) is 36.4 Å². The summed E-state index contributed by atoms with van der Waals surface area (Å²) in [5, 5.41) is 2.73. The van der Waals surface area contributed by atoms with Gasteiger partial charge in [-0.05, 0) is 74.2 Å².